The summed E-state index contributed by atoms with van der Waals surface area (Å²) in [5.74, 6) is 1.05. The summed E-state index contributed by atoms with van der Waals surface area (Å²) in [4.78, 5) is 22.8. The number of carbonyl (C=O) groups is 1. The van der Waals surface area contributed by atoms with Crippen LogP contribution in [-0.4, -0.2) is 46.6 Å². The average molecular weight is 449 g/mol. The van der Waals surface area contributed by atoms with E-state index in [1.165, 1.54) is 0 Å². The molecule has 160 valence electrons. The van der Waals surface area contributed by atoms with E-state index >= 15 is 0 Å². The summed E-state index contributed by atoms with van der Waals surface area (Å²) in [6, 6.07) is 8.82. The van der Waals surface area contributed by atoms with E-state index in [-0.39, 0.29) is 12.1 Å². The molecule has 1 amide bonds. The maximum Gasteiger partial charge on any atom is 0.252 e. The summed E-state index contributed by atoms with van der Waals surface area (Å²) in [5.41, 5.74) is 2.77. The fourth-order valence-electron chi connectivity index (χ4n) is 3.40. The maximum atomic E-state index is 12.8. The minimum absolute atomic E-state index is 0.0624. The van der Waals surface area contributed by atoms with Crippen LogP contribution in [0.4, 0.5) is 0 Å². The fourth-order valence-corrected chi connectivity index (χ4v) is 3.72. The summed E-state index contributed by atoms with van der Waals surface area (Å²) in [6.07, 6.45) is -0.0624. The zero-order chi connectivity index (χ0) is 21.8. The Labute approximate surface area is 186 Å². The molecular weight excluding hydrogens is 423 g/mol. The molecule has 6 nitrogen and oxygen atoms in total. The SMILES string of the molecule is CCOc1cc(C(=O)NC(C)N(CC)CC)ccc1-c1nc2cc(Cl)c(Cl)cc2[nH]1. The summed E-state index contributed by atoms with van der Waals surface area (Å²) in [6.45, 7) is 10.2. The van der Waals surface area contributed by atoms with Crippen LogP contribution >= 0.6 is 23.2 Å². The molecule has 0 aliphatic carbocycles. The molecule has 8 heteroatoms. The van der Waals surface area contributed by atoms with Crippen LogP contribution in [0.5, 0.6) is 5.75 Å². The van der Waals surface area contributed by atoms with Crippen molar-refractivity contribution in [2.45, 2.75) is 33.9 Å². The van der Waals surface area contributed by atoms with E-state index in [1.807, 2.05) is 19.9 Å². The molecular formula is C22H26Cl2N4O2. The van der Waals surface area contributed by atoms with Gasteiger partial charge in [0.05, 0.1) is 39.4 Å². The molecule has 0 fully saturated rings. The molecule has 0 bridgehead atoms. The standard InChI is InChI=1S/C22H26Cl2N4O2/c1-5-28(6-2)13(4)25-22(29)14-8-9-15(20(10-14)30-7-3)21-26-18-11-16(23)17(24)12-19(18)27-21/h8-13H,5-7H2,1-4H3,(H,25,29)(H,26,27). The number of amides is 1. The molecule has 2 N–H and O–H groups in total. The number of halogens is 2. The Morgan fingerprint density at radius 3 is 2.53 bits per heavy atom. The van der Waals surface area contributed by atoms with Crippen LogP contribution < -0.4 is 10.1 Å². The van der Waals surface area contributed by atoms with Gasteiger partial charge >= 0.3 is 0 Å². The number of nitrogens with zero attached hydrogens (tertiary/aromatic N) is 2. The van der Waals surface area contributed by atoms with Crippen molar-refractivity contribution >= 4 is 40.1 Å². The first-order valence-corrected chi connectivity index (χ1v) is 10.8. The number of fused-ring (bicyclic) bond motifs is 1. The van der Waals surface area contributed by atoms with Crippen LogP contribution in [0, 0.1) is 0 Å². The fraction of sp³-hybridized carbons (Fsp3) is 0.364. The number of ether oxygens (including phenoxy) is 1. The number of rotatable bonds is 8. The zero-order valence-corrected chi connectivity index (χ0v) is 19.1. The van der Waals surface area contributed by atoms with E-state index < -0.39 is 0 Å². The maximum absolute atomic E-state index is 12.8. The highest BCUT2D eigenvalue weighted by Gasteiger charge is 2.18. The number of imidazole rings is 1. The Morgan fingerprint density at radius 2 is 1.87 bits per heavy atom. The highest BCUT2D eigenvalue weighted by molar-refractivity contribution is 6.42. The zero-order valence-electron chi connectivity index (χ0n) is 17.6. The molecule has 0 aliphatic rings. The first-order chi connectivity index (χ1) is 14.4. The lowest BCUT2D eigenvalue weighted by molar-refractivity contribution is 0.0874. The summed E-state index contributed by atoms with van der Waals surface area (Å²) in [7, 11) is 0. The Bertz CT molecular complexity index is 1010. The summed E-state index contributed by atoms with van der Waals surface area (Å²) < 4.78 is 5.82. The molecule has 3 aromatic rings. The van der Waals surface area contributed by atoms with Crippen LogP contribution in [0.3, 0.4) is 0 Å². The molecule has 30 heavy (non-hydrogen) atoms. The van der Waals surface area contributed by atoms with Gasteiger partial charge in [0.15, 0.2) is 0 Å². The van der Waals surface area contributed by atoms with Crippen LogP contribution in [0.1, 0.15) is 38.1 Å². The van der Waals surface area contributed by atoms with Crippen molar-refractivity contribution in [1.82, 2.24) is 20.2 Å². The van der Waals surface area contributed by atoms with E-state index in [4.69, 9.17) is 27.9 Å². The van der Waals surface area contributed by atoms with E-state index in [1.54, 1.807) is 24.3 Å². The van der Waals surface area contributed by atoms with Crippen molar-refractivity contribution in [3.05, 3.63) is 45.9 Å². The van der Waals surface area contributed by atoms with E-state index in [0.29, 0.717) is 39.3 Å². The van der Waals surface area contributed by atoms with Crippen LogP contribution in [0.25, 0.3) is 22.4 Å². The third-order valence-electron chi connectivity index (χ3n) is 5.02. The summed E-state index contributed by atoms with van der Waals surface area (Å²) in [5, 5.41) is 3.94. The first kappa shape index (κ1) is 22.4. The Balaban J connectivity index is 1.93. The Hall–Kier alpha value is -2.28. The number of hydrogen-bond donors (Lipinski definition) is 2. The minimum atomic E-state index is -0.148. The lowest BCUT2D eigenvalue weighted by Crippen LogP contribution is -2.46. The molecule has 1 atom stereocenters. The van der Waals surface area contributed by atoms with Crippen molar-refractivity contribution < 1.29 is 9.53 Å². The predicted molar refractivity (Wildman–Crippen MR) is 123 cm³/mol. The van der Waals surface area contributed by atoms with Crippen LogP contribution in [0.2, 0.25) is 10.0 Å². The second kappa shape index (κ2) is 9.69. The first-order valence-electron chi connectivity index (χ1n) is 10.0. The highest BCUT2D eigenvalue weighted by atomic mass is 35.5. The Kier molecular flexibility index (Phi) is 7.23. The van der Waals surface area contributed by atoms with Gasteiger partial charge in [-0.25, -0.2) is 4.98 Å². The van der Waals surface area contributed by atoms with Gasteiger partial charge in [0.25, 0.3) is 5.91 Å². The molecule has 0 radical (unpaired) electrons. The van der Waals surface area contributed by atoms with Gasteiger partial charge in [-0.1, -0.05) is 37.0 Å². The molecule has 2 aromatic carbocycles. The Morgan fingerprint density at radius 1 is 1.17 bits per heavy atom. The average Bonchev–Trinajstić information content (AvgIpc) is 3.11. The normalized spacial score (nSPS) is 12.4. The monoisotopic (exact) mass is 448 g/mol. The molecule has 1 unspecified atom stereocenters. The van der Waals surface area contributed by atoms with Crippen LogP contribution in [0.15, 0.2) is 30.3 Å². The van der Waals surface area contributed by atoms with Gasteiger partial charge in [0, 0.05) is 5.56 Å². The molecule has 0 saturated carbocycles. The third kappa shape index (κ3) is 4.72. The van der Waals surface area contributed by atoms with Crippen LogP contribution in [-0.2, 0) is 0 Å². The van der Waals surface area contributed by atoms with Gasteiger partial charge in [0.2, 0.25) is 0 Å². The molecule has 0 aliphatic heterocycles. The summed E-state index contributed by atoms with van der Waals surface area (Å²) >= 11 is 12.2. The van der Waals surface area contributed by atoms with Gasteiger partial charge in [-0.15, -0.1) is 0 Å². The number of benzene rings is 2. The van der Waals surface area contributed by atoms with E-state index in [0.717, 1.165) is 24.2 Å². The lowest BCUT2D eigenvalue weighted by Gasteiger charge is -2.27. The molecule has 1 heterocycles. The number of aromatic nitrogens is 2. The van der Waals surface area contributed by atoms with Crippen molar-refractivity contribution in [3.63, 3.8) is 0 Å². The highest BCUT2D eigenvalue weighted by Crippen LogP contribution is 2.33. The predicted octanol–water partition coefficient (Wildman–Crippen LogP) is 5.35. The number of carbonyl (C=O) groups excluding carboxylic acids is 1. The largest absolute Gasteiger partial charge is 0.493 e. The number of H-pyrrole nitrogens is 1. The second-order valence-electron chi connectivity index (χ2n) is 6.88. The lowest BCUT2D eigenvalue weighted by atomic mass is 10.1. The smallest absolute Gasteiger partial charge is 0.252 e. The third-order valence-corrected chi connectivity index (χ3v) is 5.74. The topological polar surface area (TPSA) is 70.2 Å². The number of hydrogen-bond acceptors (Lipinski definition) is 4. The second-order valence-corrected chi connectivity index (χ2v) is 7.70. The molecule has 1 aromatic heterocycles. The van der Waals surface area contributed by atoms with Gasteiger partial charge in [-0.3, -0.25) is 9.69 Å². The van der Waals surface area contributed by atoms with Gasteiger partial charge in [0.1, 0.15) is 11.6 Å². The van der Waals surface area contributed by atoms with Gasteiger partial charge in [-0.05, 0) is 57.3 Å². The van der Waals surface area contributed by atoms with Crippen molar-refractivity contribution in [1.29, 1.82) is 0 Å². The van der Waals surface area contributed by atoms with Crippen molar-refractivity contribution in [2.75, 3.05) is 19.7 Å². The van der Waals surface area contributed by atoms with E-state index in [2.05, 4.69) is 34.0 Å². The molecule has 0 saturated heterocycles. The molecule has 3 rings (SSSR count). The van der Waals surface area contributed by atoms with E-state index in [9.17, 15) is 4.79 Å². The number of nitrogens with one attached hydrogen (secondary N) is 2. The number of aromatic amines is 1. The minimum Gasteiger partial charge on any atom is -0.493 e. The van der Waals surface area contributed by atoms with Gasteiger partial charge in [-0.2, -0.15) is 0 Å². The van der Waals surface area contributed by atoms with Crippen molar-refractivity contribution in [2.24, 2.45) is 0 Å². The molecule has 0 spiro atoms. The van der Waals surface area contributed by atoms with Crippen molar-refractivity contribution in [3.8, 4) is 17.1 Å². The quantitative estimate of drug-likeness (QED) is 0.455. The van der Waals surface area contributed by atoms with Gasteiger partial charge < -0.3 is 15.0 Å².